The van der Waals surface area contributed by atoms with Crippen LogP contribution in [0.4, 0.5) is 0 Å². The third-order valence-corrected chi connectivity index (χ3v) is 2.27. The fraction of sp³-hybridized carbons (Fsp3) is 0.500. The van der Waals surface area contributed by atoms with Gasteiger partial charge in [-0.05, 0) is 38.2 Å². The van der Waals surface area contributed by atoms with Crippen molar-refractivity contribution in [3.8, 4) is 0 Å². The van der Waals surface area contributed by atoms with E-state index < -0.39 is 0 Å². The first-order valence-electron chi connectivity index (χ1n) is 4.83. The van der Waals surface area contributed by atoms with Gasteiger partial charge in [0.15, 0.2) is 0 Å². The molecule has 1 aliphatic rings. The van der Waals surface area contributed by atoms with Crippen molar-refractivity contribution in [2.24, 2.45) is 5.92 Å². The van der Waals surface area contributed by atoms with Crippen molar-refractivity contribution in [3.63, 3.8) is 0 Å². The van der Waals surface area contributed by atoms with Crippen molar-refractivity contribution in [1.29, 1.82) is 0 Å². The van der Waals surface area contributed by atoms with E-state index in [1.54, 1.807) is 6.08 Å². The largest absolute Gasteiger partial charge is 0.498 e. The van der Waals surface area contributed by atoms with Gasteiger partial charge in [0, 0.05) is 0 Å². The van der Waals surface area contributed by atoms with Gasteiger partial charge < -0.3 is 4.74 Å². The van der Waals surface area contributed by atoms with Crippen molar-refractivity contribution in [1.82, 2.24) is 0 Å². The number of allylic oxidation sites excluding steroid dienone is 5. The summed E-state index contributed by atoms with van der Waals surface area (Å²) in [5, 5.41) is 0. The Balaban J connectivity index is 2.35. The first-order chi connectivity index (χ1) is 6.24. The second-order valence-electron chi connectivity index (χ2n) is 3.59. The van der Waals surface area contributed by atoms with E-state index in [0.717, 1.165) is 18.3 Å². The van der Waals surface area contributed by atoms with Crippen LogP contribution in [0.3, 0.4) is 0 Å². The molecule has 0 spiro atoms. The molecular weight excluding hydrogens is 160 g/mol. The molecule has 1 saturated carbocycles. The van der Waals surface area contributed by atoms with Crippen molar-refractivity contribution in [2.75, 3.05) is 6.61 Å². The van der Waals surface area contributed by atoms with Crippen LogP contribution in [0.5, 0.6) is 0 Å². The molecule has 0 unspecified atom stereocenters. The molecule has 1 fully saturated rings. The summed E-state index contributed by atoms with van der Waals surface area (Å²) >= 11 is 0. The zero-order valence-corrected chi connectivity index (χ0v) is 8.55. The molecule has 0 atom stereocenters. The topological polar surface area (TPSA) is 9.23 Å². The van der Waals surface area contributed by atoms with Gasteiger partial charge in [-0.2, -0.15) is 0 Å². The molecule has 0 aromatic heterocycles. The standard InChI is InChI=1S/C12H18O/c1-4-5-6-10(2)11(3)13-9-12-7-8-12/h4-6,12H,1,7-9H2,2-3H3/b6-5-,11-10?. The predicted molar refractivity (Wildman–Crippen MR) is 56.4 cm³/mol. The molecule has 0 amide bonds. The Hall–Kier alpha value is -0.980. The summed E-state index contributed by atoms with van der Waals surface area (Å²) in [6, 6.07) is 0. The Kier molecular flexibility index (Phi) is 3.81. The molecule has 0 saturated heterocycles. The molecule has 1 heteroatoms. The lowest BCUT2D eigenvalue weighted by Gasteiger charge is -2.06. The van der Waals surface area contributed by atoms with Crippen molar-refractivity contribution < 1.29 is 4.74 Å². The summed E-state index contributed by atoms with van der Waals surface area (Å²) in [6.45, 7) is 8.60. The zero-order chi connectivity index (χ0) is 9.68. The number of ether oxygens (including phenoxy) is 1. The lowest BCUT2D eigenvalue weighted by atomic mass is 10.2. The Morgan fingerprint density at radius 1 is 1.46 bits per heavy atom. The van der Waals surface area contributed by atoms with Crippen LogP contribution in [-0.2, 0) is 4.74 Å². The molecule has 13 heavy (non-hydrogen) atoms. The van der Waals surface area contributed by atoms with Gasteiger partial charge in [0.25, 0.3) is 0 Å². The molecule has 0 N–H and O–H groups in total. The van der Waals surface area contributed by atoms with Crippen LogP contribution in [0.2, 0.25) is 0 Å². The van der Waals surface area contributed by atoms with Gasteiger partial charge in [0.05, 0.1) is 12.4 Å². The highest BCUT2D eigenvalue weighted by Gasteiger charge is 2.21. The molecule has 1 aliphatic carbocycles. The minimum absolute atomic E-state index is 0.825. The van der Waals surface area contributed by atoms with E-state index in [1.165, 1.54) is 18.4 Å². The smallest absolute Gasteiger partial charge is 0.0958 e. The Morgan fingerprint density at radius 2 is 2.15 bits per heavy atom. The third kappa shape index (κ3) is 3.97. The number of hydrogen-bond acceptors (Lipinski definition) is 1. The molecule has 0 aromatic carbocycles. The summed E-state index contributed by atoms with van der Waals surface area (Å²) in [6.07, 6.45) is 8.41. The molecule has 0 radical (unpaired) electrons. The van der Waals surface area contributed by atoms with E-state index in [9.17, 15) is 0 Å². The first-order valence-corrected chi connectivity index (χ1v) is 4.83. The molecule has 1 rings (SSSR count). The lowest BCUT2D eigenvalue weighted by Crippen LogP contribution is -1.95. The number of rotatable bonds is 5. The van der Waals surface area contributed by atoms with Gasteiger partial charge in [0.1, 0.15) is 0 Å². The Labute approximate surface area is 80.8 Å². The maximum atomic E-state index is 5.62. The van der Waals surface area contributed by atoms with Crippen molar-refractivity contribution >= 4 is 0 Å². The maximum absolute atomic E-state index is 5.62. The molecule has 0 aromatic rings. The summed E-state index contributed by atoms with van der Waals surface area (Å²) in [5.41, 5.74) is 1.18. The van der Waals surface area contributed by atoms with E-state index in [1.807, 2.05) is 19.1 Å². The highest BCUT2D eigenvalue weighted by atomic mass is 16.5. The van der Waals surface area contributed by atoms with E-state index in [-0.39, 0.29) is 0 Å². The molecule has 0 heterocycles. The van der Waals surface area contributed by atoms with Gasteiger partial charge >= 0.3 is 0 Å². The maximum Gasteiger partial charge on any atom is 0.0958 e. The SMILES string of the molecule is C=C/C=C\C(C)=C(C)OCC1CC1. The van der Waals surface area contributed by atoms with Crippen LogP contribution in [0, 0.1) is 5.92 Å². The molecule has 0 bridgehead atoms. The van der Waals surface area contributed by atoms with Gasteiger partial charge in [-0.1, -0.05) is 24.8 Å². The van der Waals surface area contributed by atoms with Crippen molar-refractivity contribution in [2.45, 2.75) is 26.7 Å². The quantitative estimate of drug-likeness (QED) is 0.463. The predicted octanol–water partition coefficient (Wildman–Crippen LogP) is 3.45. The summed E-state index contributed by atoms with van der Waals surface area (Å²) in [4.78, 5) is 0. The summed E-state index contributed by atoms with van der Waals surface area (Å²) in [5.74, 6) is 1.86. The van der Waals surface area contributed by atoms with Crippen LogP contribution in [-0.4, -0.2) is 6.61 Å². The minimum Gasteiger partial charge on any atom is -0.498 e. The second-order valence-corrected chi connectivity index (χ2v) is 3.59. The average Bonchev–Trinajstić information content (AvgIpc) is 2.93. The lowest BCUT2D eigenvalue weighted by molar-refractivity contribution is 0.198. The normalized spacial score (nSPS) is 18.6. The second kappa shape index (κ2) is 4.90. The molecule has 72 valence electrons. The van der Waals surface area contributed by atoms with Crippen LogP contribution in [0.1, 0.15) is 26.7 Å². The van der Waals surface area contributed by atoms with E-state index in [4.69, 9.17) is 4.74 Å². The van der Waals surface area contributed by atoms with Gasteiger partial charge in [-0.3, -0.25) is 0 Å². The van der Waals surface area contributed by atoms with E-state index >= 15 is 0 Å². The Bertz CT molecular complexity index is 232. The van der Waals surface area contributed by atoms with Crippen LogP contribution in [0.25, 0.3) is 0 Å². The van der Waals surface area contributed by atoms with Crippen LogP contribution >= 0.6 is 0 Å². The highest BCUT2D eigenvalue weighted by molar-refractivity contribution is 5.21. The van der Waals surface area contributed by atoms with Gasteiger partial charge in [0.2, 0.25) is 0 Å². The monoisotopic (exact) mass is 178 g/mol. The van der Waals surface area contributed by atoms with E-state index in [2.05, 4.69) is 13.5 Å². The molecule has 1 nitrogen and oxygen atoms in total. The first kappa shape index (κ1) is 10.1. The van der Waals surface area contributed by atoms with Gasteiger partial charge in [-0.25, -0.2) is 0 Å². The molecule has 0 aliphatic heterocycles. The summed E-state index contributed by atoms with van der Waals surface area (Å²) in [7, 11) is 0. The van der Waals surface area contributed by atoms with Crippen LogP contribution < -0.4 is 0 Å². The number of hydrogen-bond donors (Lipinski definition) is 0. The van der Waals surface area contributed by atoms with Crippen molar-refractivity contribution in [3.05, 3.63) is 36.1 Å². The summed E-state index contributed by atoms with van der Waals surface area (Å²) < 4.78 is 5.62. The Morgan fingerprint density at radius 3 is 2.69 bits per heavy atom. The average molecular weight is 178 g/mol. The highest BCUT2D eigenvalue weighted by Crippen LogP contribution is 2.29. The molecular formula is C12H18O. The third-order valence-electron chi connectivity index (χ3n) is 2.27. The minimum atomic E-state index is 0.825. The van der Waals surface area contributed by atoms with E-state index in [0.29, 0.717) is 0 Å². The zero-order valence-electron chi connectivity index (χ0n) is 8.55. The van der Waals surface area contributed by atoms with Gasteiger partial charge in [-0.15, -0.1) is 0 Å². The van der Waals surface area contributed by atoms with Crippen LogP contribution in [0.15, 0.2) is 36.1 Å². The fourth-order valence-corrected chi connectivity index (χ4v) is 0.971. The fourth-order valence-electron chi connectivity index (χ4n) is 0.971.